The quantitative estimate of drug-likeness (QED) is 0.702. The molecule has 0 aromatic rings. The van der Waals surface area contributed by atoms with E-state index in [9.17, 15) is 0 Å². The van der Waals surface area contributed by atoms with Gasteiger partial charge in [-0.15, -0.1) is 6.58 Å². The van der Waals surface area contributed by atoms with Crippen molar-refractivity contribution in [3.63, 3.8) is 0 Å². The Morgan fingerprint density at radius 2 is 2.00 bits per heavy atom. The van der Waals surface area contributed by atoms with Crippen LogP contribution in [-0.2, 0) is 4.74 Å². The maximum absolute atomic E-state index is 6.18. The molecule has 0 aromatic carbocycles. The molecule has 5 unspecified atom stereocenters. The van der Waals surface area contributed by atoms with Gasteiger partial charge in [0.15, 0.2) is 0 Å². The zero-order chi connectivity index (χ0) is 10.7. The number of hydrogen-bond donors (Lipinski definition) is 1. The number of allylic oxidation sites excluding steroid dienone is 1. The summed E-state index contributed by atoms with van der Waals surface area (Å²) in [6.07, 6.45) is 4.63. The molecule has 0 spiro atoms. The van der Waals surface area contributed by atoms with E-state index in [2.05, 4.69) is 27.4 Å². The fraction of sp³-hybridized carbons (Fsp3) is 0.833. The standard InChI is InChI=1S/C12H23NO/c1-5-6-7-11(13)12-8(2)9(3)14-10(12)4/h5,8-12H,1,6-7,13H2,2-4H3. The van der Waals surface area contributed by atoms with Crippen molar-refractivity contribution in [1.82, 2.24) is 0 Å². The van der Waals surface area contributed by atoms with Crippen molar-refractivity contribution < 1.29 is 4.74 Å². The van der Waals surface area contributed by atoms with Crippen LogP contribution in [-0.4, -0.2) is 18.2 Å². The lowest BCUT2D eigenvalue weighted by molar-refractivity contribution is 0.0487. The first kappa shape index (κ1) is 11.7. The van der Waals surface area contributed by atoms with Gasteiger partial charge in [0.2, 0.25) is 0 Å². The van der Waals surface area contributed by atoms with Gasteiger partial charge in [-0.2, -0.15) is 0 Å². The van der Waals surface area contributed by atoms with Crippen LogP contribution in [0.15, 0.2) is 12.7 Å². The van der Waals surface area contributed by atoms with Crippen LogP contribution in [0.4, 0.5) is 0 Å². The SMILES string of the molecule is C=CCCC(N)C1C(C)OC(C)C1C. The van der Waals surface area contributed by atoms with Crippen LogP contribution in [0.3, 0.4) is 0 Å². The number of ether oxygens (including phenoxy) is 1. The zero-order valence-corrected chi connectivity index (χ0v) is 9.57. The predicted octanol–water partition coefficient (Wildman–Crippen LogP) is 2.34. The van der Waals surface area contributed by atoms with Gasteiger partial charge in [0.05, 0.1) is 12.2 Å². The summed E-state index contributed by atoms with van der Waals surface area (Å²) in [5.74, 6) is 1.08. The molecule has 1 rings (SSSR count). The van der Waals surface area contributed by atoms with Crippen molar-refractivity contribution in [2.75, 3.05) is 0 Å². The van der Waals surface area contributed by atoms with Crippen LogP contribution in [0.1, 0.15) is 33.6 Å². The van der Waals surface area contributed by atoms with Crippen molar-refractivity contribution in [3.05, 3.63) is 12.7 Å². The molecule has 0 aliphatic carbocycles. The Kier molecular flexibility index (Phi) is 4.14. The van der Waals surface area contributed by atoms with E-state index in [4.69, 9.17) is 10.5 Å². The highest BCUT2D eigenvalue weighted by atomic mass is 16.5. The van der Waals surface area contributed by atoms with Crippen LogP contribution in [0, 0.1) is 11.8 Å². The molecule has 2 heteroatoms. The molecule has 0 radical (unpaired) electrons. The third kappa shape index (κ3) is 2.37. The van der Waals surface area contributed by atoms with E-state index in [0.717, 1.165) is 12.8 Å². The zero-order valence-electron chi connectivity index (χ0n) is 9.57. The molecule has 82 valence electrons. The van der Waals surface area contributed by atoms with Crippen LogP contribution in [0.25, 0.3) is 0 Å². The first-order valence-electron chi connectivity index (χ1n) is 5.59. The van der Waals surface area contributed by atoms with Gasteiger partial charge in [-0.25, -0.2) is 0 Å². The second-order valence-electron chi connectivity index (χ2n) is 4.51. The van der Waals surface area contributed by atoms with Crippen LogP contribution < -0.4 is 5.73 Å². The highest BCUT2D eigenvalue weighted by molar-refractivity contribution is 4.91. The third-order valence-corrected chi connectivity index (χ3v) is 3.52. The van der Waals surface area contributed by atoms with E-state index in [1.165, 1.54) is 0 Å². The van der Waals surface area contributed by atoms with Gasteiger partial charge in [0.1, 0.15) is 0 Å². The summed E-state index contributed by atoms with van der Waals surface area (Å²) in [5, 5.41) is 0. The molecule has 5 atom stereocenters. The number of rotatable bonds is 4. The lowest BCUT2D eigenvalue weighted by Gasteiger charge is -2.25. The second kappa shape index (κ2) is 4.94. The van der Waals surface area contributed by atoms with E-state index in [0.29, 0.717) is 24.0 Å². The normalized spacial score (nSPS) is 39.7. The summed E-state index contributed by atoms with van der Waals surface area (Å²) < 4.78 is 5.78. The number of nitrogens with two attached hydrogens (primary N) is 1. The molecule has 0 bridgehead atoms. The fourth-order valence-electron chi connectivity index (χ4n) is 2.53. The monoisotopic (exact) mass is 197 g/mol. The third-order valence-electron chi connectivity index (χ3n) is 3.52. The first-order valence-corrected chi connectivity index (χ1v) is 5.59. The van der Waals surface area contributed by atoms with Crippen molar-refractivity contribution in [2.24, 2.45) is 17.6 Å². The second-order valence-corrected chi connectivity index (χ2v) is 4.51. The lowest BCUT2D eigenvalue weighted by atomic mass is 9.82. The first-order chi connectivity index (χ1) is 6.57. The minimum atomic E-state index is 0.253. The van der Waals surface area contributed by atoms with Gasteiger partial charge < -0.3 is 10.5 Å². The maximum Gasteiger partial charge on any atom is 0.0597 e. The average molecular weight is 197 g/mol. The van der Waals surface area contributed by atoms with Crippen molar-refractivity contribution in [2.45, 2.75) is 51.9 Å². The fourth-order valence-corrected chi connectivity index (χ4v) is 2.53. The van der Waals surface area contributed by atoms with E-state index in [1.807, 2.05) is 6.08 Å². The lowest BCUT2D eigenvalue weighted by Crippen LogP contribution is -2.37. The highest BCUT2D eigenvalue weighted by Gasteiger charge is 2.39. The van der Waals surface area contributed by atoms with Gasteiger partial charge in [0, 0.05) is 12.0 Å². The summed E-state index contributed by atoms with van der Waals surface area (Å²) >= 11 is 0. The summed E-state index contributed by atoms with van der Waals surface area (Å²) in [5.41, 5.74) is 6.18. The van der Waals surface area contributed by atoms with Crippen molar-refractivity contribution >= 4 is 0 Å². The summed E-state index contributed by atoms with van der Waals surface area (Å²) in [7, 11) is 0. The maximum atomic E-state index is 6.18. The van der Waals surface area contributed by atoms with Crippen LogP contribution >= 0.6 is 0 Å². The Bertz CT molecular complexity index is 193. The largest absolute Gasteiger partial charge is 0.375 e. The van der Waals surface area contributed by atoms with E-state index >= 15 is 0 Å². The molecule has 0 amide bonds. The highest BCUT2D eigenvalue weighted by Crippen LogP contribution is 2.34. The Balaban J connectivity index is 2.52. The van der Waals surface area contributed by atoms with Gasteiger partial charge >= 0.3 is 0 Å². The molecule has 1 aliphatic heterocycles. The predicted molar refractivity (Wildman–Crippen MR) is 60.1 cm³/mol. The van der Waals surface area contributed by atoms with E-state index in [1.54, 1.807) is 0 Å². The molecule has 0 aromatic heterocycles. The molecular formula is C12H23NO. The Labute approximate surface area is 87.5 Å². The van der Waals surface area contributed by atoms with Gasteiger partial charge in [-0.1, -0.05) is 13.0 Å². The Morgan fingerprint density at radius 3 is 2.43 bits per heavy atom. The average Bonchev–Trinajstić information content (AvgIpc) is 2.38. The van der Waals surface area contributed by atoms with E-state index in [-0.39, 0.29) is 6.04 Å². The Hall–Kier alpha value is -0.340. The molecule has 2 nitrogen and oxygen atoms in total. The van der Waals surface area contributed by atoms with Gasteiger partial charge in [0.25, 0.3) is 0 Å². The molecule has 1 saturated heterocycles. The minimum Gasteiger partial charge on any atom is -0.375 e. The minimum absolute atomic E-state index is 0.253. The molecular weight excluding hydrogens is 174 g/mol. The van der Waals surface area contributed by atoms with Gasteiger partial charge in [-0.3, -0.25) is 0 Å². The molecule has 0 saturated carbocycles. The number of hydrogen-bond acceptors (Lipinski definition) is 2. The molecule has 2 N–H and O–H groups in total. The summed E-state index contributed by atoms with van der Waals surface area (Å²) in [6.45, 7) is 10.2. The summed E-state index contributed by atoms with van der Waals surface area (Å²) in [6, 6.07) is 0.253. The van der Waals surface area contributed by atoms with Gasteiger partial charge in [-0.05, 0) is 32.6 Å². The Morgan fingerprint density at radius 1 is 1.36 bits per heavy atom. The molecule has 1 fully saturated rings. The molecule has 1 heterocycles. The smallest absolute Gasteiger partial charge is 0.0597 e. The van der Waals surface area contributed by atoms with Crippen molar-refractivity contribution in [3.8, 4) is 0 Å². The topological polar surface area (TPSA) is 35.2 Å². The molecule has 14 heavy (non-hydrogen) atoms. The summed E-state index contributed by atoms with van der Waals surface area (Å²) in [4.78, 5) is 0. The molecule has 1 aliphatic rings. The van der Waals surface area contributed by atoms with Crippen molar-refractivity contribution in [1.29, 1.82) is 0 Å². The van der Waals surface area contributed by atoms with Crippen LogP contribution in [0.2, 0.25) is 0 Å². The van der Waals surface area contributed by atoms with Crippen LogP contribution in [0.5, 0.6) is 0 Å². The van der Waals surface area contributed by atoms with E-state index < -0.39 is 0 Å².